The Bertz CT molecular complexity index is 374. The van der Waals surface area contributed by atoms with Gasteiger partial charge < -0.3 is 0 Å². The molecule has 0 fully saturated rings. The molecule has 1 rings (SSSR count). The lowest BCUT2D eigenvalue weighted by Crippen LogP contribution is -2.14. The maximum absolute atomic E-state index is 12.4. The number of aryl methyl sites for hydroxylation is 1. The van der Waals surface area contributed by atoms with Gasteiger partial charge in [-0.2, -0.15) is 13.2 Å². The van der Waals surface area contributed by atoms with E-state index in [1.165, 1.54) is 0 Å². The molecule has 15 heavy (non-hydrogen) atoms. The molecular weight excluding hydrogens is 241 g/mol. The number of rotatable bonds is 1. The summed E-state index contributed by atoms with van der Waals surface area (Å²) in [5.41, 5.74) is -2.97. The average Bonchev–Trinajstić information content (AvgIpc) is 1.99. The monoisotopic (exact) mass is 245 g/mol. The standard InChI is InChI=1S/C8H5ClF5N/c1-3-2-4(9)15-6(8(12,13)14)5(3)7(10)11/h2,7H,1H3. The highest BCUT2D eigenvalue weighted by Gasteiger charge is 2.38. The molecule has 0 radical (unpaired) electrons. The third-order valence-corrected chi connectivity index (χ3v) is 1.91. The minimum atomic E-state index is -4.93. The molecule has 0 saturated carbocycles. The lowest BCUT2D eigenvalue weighted by Gasteiger charge is -2.13. The number of hydrogen-bond donors (Lipinski definition) is 0. The molecule has 7 heteroatoms. The average molecular weight is 246 g/mol. The molecule has 0 aliphatic carbocycles. The summed E-state index contributed by atoms with van der Waals surface area (Å²) in [4.78, 5) is 2.89. The molecular formula is C8H5ClF5N. The van der Waals surface area contributed by atoms with E-state index in [2.05, 4.69) is 4.98 Å². The van der Waals surface area contributed by atoms with Crippen LogP contribution in [0.25, 0.3) is 0 Å². The molecule has 0 N–H and O–H groups in total. The summed E-state index contributed by atoms with van der Waals surface area (Å²) < 4.78 is 61.7. The molecule has 1 aromatic heterocycles. The van der Waals surface area contributed by atoms with Crippen molar-refractivity contribution in [3.05, 3.63) is 28.0 Å². The van der Waals surface area contributed by atoms with E-state index < -0.39 is 29.0 Å². The van der Waals surface area contributed by atoms with Crippen LogP contribution in [0.1, 0.15) is 23.2 Å². The maximum Gasteiger partial charge on any atom is 0.433 e. The second-order valence-corrected chi connectivity index (χ2v) is 3.21. The highest BCUT2D eigenvalue weighted by atomic mass is 35.5. The van der Waals surface area contributed by atoms with Gasteiger partial charge in [-0.3, -0.25) is 0 Å². The lowest BCUT2D eigenvalue weighted by atomic mass is 10.1. The smallest absolute Gasteiger partial charge is 0.231 e. The van der Waals surface area contributed by atoms with Gasteiger partial charge in [0.05, 0.1) is 5.56 Å². The highest BCUT2D eigenvalue weighted by molar-refractivity contribution is 6.29. The Hall–Kier alpha value is -0.910. The van der Waals surface area contributed by atoms with E-state index in [0.717, 1.165) is 13.0 Å². The Morgan fingerprint density at radius 2 is 1.87 bits per heavy atom. The molecule has 0 unspecified atom stereocenters. The summed E-state index contributed by atoms with van der Waals surface area (Å²) in [6.07, 6.45) is -8.16. The zero-order valence-electron chi connectivity index (χ0n) is 7.37. The van der Waals surface area contributed by atoms with Gasteiger partial charge in [0.1, 0.15) is 5.15 Å². The molecule has 0 bridgehead atoms. The van der Waals surface area contributed by atoms with Crippen LogP contribution in [0.15, 0.2) is 6.07 Å². The minimum Gasteiger partial charge on any atom is -0.231 e. The maximum atomic E-state index is 12.4. The third kappa shape index (κ3) is 2.56. The summed E-state index contributed by atoms with van der Waals surface area (Å²) in [6.45, 7) is 1.13. The van der Waals surface area contributed by atoms with Crippen LogP contribution in [0.5, 0.6) is 0 Å². The number of pyridine rings is 1. The van der Waals surface area contributed by atoms with Crippen LogP contribution in [-0.2, 0) is 6.18 Å². The lowest BCUT2D eigenvalue weighted by molar-refractivity contribution is -0.143. The summed E-state index contributed by atoms with van der Waals surface area (Å²) >= 11 is 5.28. The van der Waals surface area contributed by atoms with Crippen molar-refractivity contribution in [2.75, 3.05) is 0 Å². The summed E-state index contributed by atoms with van der Waals surface area (Å²) in [6, 6.07) is 0.971. The van der Waals surface area contributed by atoms with Crippen molar-refractivity contribution in [1.82, 2.24) is 4.98 Å². The molecule has 0 spiro atoms. The van der Waals surface area contributed by atoms with Gasteiger partial charge in [-0.15, -0.1) is 0 Å². The molecule has 0 aliphatic rings. The molecule has 84 valence electrons. The van der Waals surface area contributed by atoms with Gasteiger partial charge in [0.15, 0.2) is 5.69 Å². The Labute approximate surface area is 86.9 Å². The van der Waals surface area contributed by atoms with Crippen molar-refractivity contribution in [3.8, 4) is 0 Å². The van der Waals surface area contributed by atoms with E-state index >= 15 is 0 Å². The Kier molecular flexibility index (Phi) is 3.18. The van der Waals surface area contributed by atoms with Gasteiger partial charge in [-0.25, -0.2) is 13.8 Å². The van der Waals surface area contributed by atoms with Crippen LogP contribution in [0, 0.1) is 6.92 Å². The van der Waals surface area contributed by atoms with Gasteiger partial charge in [-0.05, 0) is 18.6 Å². The van der Waals surface area contributed by atoms with Gasteiger partial charge in [0.2, 0.25) is 0 Å². The normalized spacial score (nSPS) is 12.3. The number of hydrogen-bond acceptors (Lipinski definition) is 1. The van der Waals surface area contributed by atoms with Crippen molar-refractivity contribution in [1.29, 1.82) is 0 Å². The van der Waals surface area contributed by atoms with Crippen LogP contribution in [-0.4, -0.2) is 4.98 Å². The fraction of sp³-hybridized carbons (Fsp3) is 0.375. The van der Waals surface area contributed by atoms with Crippen molar-refractivity contribution in [2.45, 2.75) is 19.5 Å². The van der Waals surface area contributed by atoms with Crippen molar-refractivity contribution >= 4 is 11.6 Å². The van der Waals surface area contributed by atoms with E-state index in [4.69, 9.17) is 11.6 Å². The molecule has 1 nitrogen and oxygen atoms in total. The van der Waals surface area contributed by atoms with Crippen LogP contribution >= 0.6 is 11.6 Å². The Balaban J connectivity index is 3.47. The van der Waals surface area contributed by atoms with Crippen molar-refractivity contribution in [3.63, 3.8) is 0 Å². The van der Waals surface area contributed by atoms with Gasteiger partial charge >= 0.3 is 6.18 Å². The summed E-state index contributed by atoms with van der Waals surface area (Å²) in [7, 11) is 0. The second-order valence-electron chi connectivity index (χ2n) is 2.82. The van der Waals surface area contributed by atoms with E-state index in [0.29, 0.717) is 0 Å². The van der Waals surface area contributed by atoms with E-state index in [1.54, 1.807) is 0 Å². The molecule has 0 atom stereocenters. The molecule has 0 amide bonds. The Morgan fingerprint density at radius 3 is 2.27 bits per heavy atom. The van der Waals surface area contributed by atoms with E-state index in [1.807, 2.05) is 0 Å². The molecule has 0 aliphatic heterocycles. The van der Waals surface area contributed by atoms with Crippen molar-refractivity contribution < 1.29 is 22.0 Å². The number of aromatic nitrogens is 1. The quantitative estimate of drug-likeness (QED) is 0.538. The van der Waals surface area contributed by atoms with Crippen LogP contribution in [0.4, 0.5) is 22.0 Å². The number of alkyl halides is 5. The molecule has 0 saturated heterocycles. The number of nitrogens with zero attached hydrogens (tertiary/aromatic N) is 1. The first-order chi connectivity index (χ1) is 6.73. The fourth-order valence-corrected chi connectivity index (χ4v) is 1.38. The Morgan fingerprint density at radius 1 is 1.33 bits per heavy atom. The van der Waals surface area contributed by atoms with E-state index in [9.17, 15) is 22.0 Å². The van der Waals surface area contributed by atoms with E-state index in [-0.39, 0.29) is 5.56 Å². The first-order valence-corrected chi connectivity index (χ1v) is 4.13. The zero-order valence-corrected chi connectivity index (χ0v) is 8.13. The second kappa shape index (κ2) is 3.92. The highest BCUT2D eigenvalue weighted by Crippen LogP contribution is 2.37. The number of halogens is 6. The first kappa shape index (κ1) is 12.2. The topological polar surface area (TPSA) is 12.9 Å². The molecule has 1 heterocycles. The van der Waals surface area contributed by atoms with Crippen LogP contribution in [0.3, 0.4) is 0 Å². The largest absolute Gasteiger partial charge is 0.433 e. The predicted octanol–water partition coefficient (Wildman–Crippen LogP) is 4.00. The third-order valence-electron chi connectivity index (χ3n) is 1.72. The van der Waals surface area contributed by atoms with Gasteiger partial charge in [-0.1, -0.05) is 11.6 Å². The van der Waals surface area contributed by atoms with Crippen LogP contribution < -0.4 is 0 Å². The molecule has 1 aromatic rings. The first-order valence-electron chi connectivity index (χ1n) is 3.76. The summed E-state index contributed by atoms with van der Waals surface area (Å²) in [5, 5.41) is -0.454. The molecule has 0 aromatic carbocycles. The van der Waals surface area contributed by atoms with Crippen LogP contribution in [0.2, 0.25) is 5.15 Å². The summed E-state index contributed by atoms with van der Waals surface area (Å²) in [5.74, 6) is 0. The van der Waals surface area contributed by atoms with Gasteiger partial charge in [0, 0.05) is 0 Å². The zero-order chi connectivity index (χ0) is 11.8. The SMILES string of the molecule is Cc1cc(Cl)nc(C(F)(F)F)c1C(F)F. The minimum absolute atomic E-state index is 0.225. The van der Waals surface area contributed by atoms with Gasteiger partial charge in [0.25, 0.3) is 6.43 Å². The predicted molar refractivity (Wildman–Crippen MR) is 43.9 cm³/mol. The fourth-order valence-electron chi connectivity index (χ4n) is 1.13. The van der Waals surface area contributed by atoms with Crippen molar-refractivity contribution in [2.24, 2.45) is 0 Å².